The van der Waals surface area contributed by atoms with Crippen molar-refractivity contribution in [2.24, 2.45) is 0 Å². The van der Waals surface area contributed by atoms with E-state index in [1.807, 2.05) is 48.5 Å². The number of carbonyl (C=O) groups is 1. The number of hydrogen-bond donors (Lipinski definition) is 1. The van der Waals surface area contributed by atoms with Gasteiger partial charge in [0.2, 0.25) is 5.91 Å². The quantitative estimate of drug-likeness (QED) is 0.713. The van der Waals surface area contributed by atoms with Crippen LogP contribution in [0.2, 0.25) is 0 Å². The molecule has 4 rings (SSSR count). The van der Waals surface area contributed by atoms with Gasteiger partial charge in [-0.1, -0.05) is 42.5 Å². The van der Waals surface area contributed by atoms with Gasteiger partial charge in [0.1, 0.15) is 0 Å². The van der Waals surface area contributed by atoms with Crippen molar-refractivity contribution in [3.05, 3.63) is 65.2 Å². The zero-order chi connectivity index (χ0) is 13.0. The molecular weight excluding hydrogens is 237 g/mol. The average Bonchev–Trinajstić information content (AvgIpc) is 2.74. The van der Waals surface area contributed by atoms with E-state index < -0.39 is 7.05 Å². The lowest BCUT2D eigenvalue weighted by Crippen LogP contribution is -2.50. The van der Waals surface area contributed by atoms with E-state index in [0.29, 0.717) is 5.56 Å². The maximum atomic E-state index is 12.4. The molecule has 2 heterocycles. The van der Waals surface area contributed by atoms with Crippen LogP contribution in [0.25, 0.3) is 11.8 Å². The summed E-state index contributed by atoms with van der Waals surface area (Å²) in [6, 6.07) is 15.1. The average molecular weight is 247 g/mol. The van der Waals surface area contributed by atoms with Crippen LogP contribution >= 0.6 is 0 Å². The highest BCUT2D eigenvalue weighted by Gasteiger charge is 2.42. The summed E-state index contributed by atoms with van der Waals surface area (Å²) in [5, 5.41) is 10.4. The second-order valence-corrected chi connectivity index (χ2v) is 4.75. The van der Waals surface area contributed by atoms with E-state index in [-0.39, 0.29) is 5.91 Å². The summed E-state index contributed by atoms with van der Waals surface area (Å²) in [5.74, 6) is -0.135. The lowest BCUT2D eigenvalue weighted by Gasteiger charge is -2.27. The number of nitrogens with zero attached hydrogens (tertiary/aromatic N) is 1. The standard InChI is InChI=1S/C15H10BNO2/c18-15-12-7-3-2-6-11(12)14-9-10-5-1-4-8-13(10)16(19)17(14)15/h1-9,19H. The Morgan fingerprint density at radius 1 is 0.947 bits per heavy atom. The second-order valence-electron chi connectivity index (χ2n) is 4.75. The molecule has 1 amide bonds. The zero-order valence-electron chi connectivity index (χ0n) is 10.1. The van der Waals surface area contributed by atoms with Gasteiger partial charge in [0, 0.05) is 16.8 Å². The van der Waals surface area contributed by atoms with Crippen LogP contribution in [0.5, 0.6) is 0 Å². The number of fused-ring (bicyclic) bond motifs is 4. The third-order valence-electron chi connectivity index (χ3n) is 3.72. The topological polar surface area (TPSA) is 40.5 Å². The Bertz CT molecular complexity index is 738. The molecule has 2 aromatic carbocycles. The van der Waals surface area contributed by atoms with Crippen molar-refractivity contribution < 1.29 is 9.82 Å². The molecule has 0 saturated carbocycles. The van der Waals surface area contributed by atoms with Gasteiger partial charge in [0.15, 0.2) is 0 Å². The predicted molar refractivity (Wildman–Crippen MR) is 74.5 cm³/mol. The summed E-state index contributed by atoms with van der Waals surface area (Å²) in [6.45, 7) is 0. The highest BCUT2D eigenvalue weighted by atomic mass is 16.2. The van der Waals surface area contributed by atoms with E-state index >= 15 is 0 Å². The highest BCUT2D eigenvalue weighted by Crippen LogP contribution is 2.36. The molecule has 90 valence electrons. The number of carbonyl (C=O) groups excluding carboxylic acids is 1. The fourth-order valence-electron chi connectivity index (χ4n) is 2.82. The first kappa shape index (κ1) is 10.6. The van der Waals surface area contributed by atoms with Crippen molar-refractivity contribution in [3.63, 3.8) is 0 Å². The van der Waals surface area contributed by atoms with Crippen LogP contribution in [0, 0.1) is 0 Å². The van der Waals surface area contributed by atoms with Crippen LogP contribution in [-0.4, -0.2) is 22.8 Å². The van der Waals surface area contributed by atoms with Crippen LogP contribution in [0.4, 0.5) is 0 Å². The first-order chi connectivity index (χ1) is 9.27. The van der Waals surface area contributed by atoms with E-state index in [1.165, 1.54) is 4.81 Å². The molecule has 2 aliphatic rings. The van der Waals surface area contributed by atoms with Crippen LogP contribution < -0.4 is 5.46 Å². The van der Waals surface area contributed by atoms with Gasteiger partial charge >= 0.3 is 7.05 Å². The Labute approximate surface area is 110 Å². The molecule has 1 N–H and O–H groups in total. The molecule has 0 saturated heterocycles. The van der Waals surface area contributed by atoms with E-state index in [9.17, 15) is 9.82 Å². The first-order valence-corrected chi connectivity index (χ1v) is 6.19. The minimum Gasteiger partial charge on any atom is -0.428 e. The van der Waals surface area contributed by atoms with E-state index in [4.69, 9.17) is 0 Å². The summed E-state index contributed by atoms with van der Waals surface area (Å²) in [7, 11) is -0.906. The summed E-state index contributed by atoms with van der Waals surface area (Å²) in [4.78, 5) is 13.8. The SMILES string of the molecule is O=C1c2ccccc2C2=Cc3ccccc3B(O)N12. The van der Waals surface area contributed by atoms with Crippen molar-refractivity contribution in [3.8, 4) is 0 Å². The van der Waals surface area contributed by atoms with Crippen LogP contribution in [-0.2, 0) is 0 Å². The van der Waals surface area contributed by atoms with E-state index in [2.05, 4.69) is 0 Å². The van der Waals surface area contributed by atoms with Gasteiger partial charge in [0.05, 0.1) is 0 Å². The molecule has 0 aromatic heterocycles. The lowest BCUT2D eigenvalue weighted by molar-refractivity contribution is 0.0905. The van der Waals surface area contributed by atoms with Crippen molar-refractivity contribution in [1.82, 2.24) is 4.81 Å². The van der Waals surface area contributed by atoms with Gasteiger partial charge < -0.3 is 9.83 Å². The number of hydrogen-bond acceptors (Lipinski definition) is 2. The Kier molecular flexibility index (Phi) is 2.00. The molecule has 4 heteroatoms. The number of benzene rings is 2. The molecule has 0 atom stereocenters. The molecule has 0 bridgehead atoms. The second kappa shape index (κ2) is 3.59. The van der Waals surface area contributed by atoms with Crippen molar-refractivity contribution in [2.45, 2.75) is 0 Å². The van der Waals surface area contributed by atoms with Crippen molar-refractivity contribution in [2.75, 3.05) is 0 Å². The maximum Gasteiger partial charge on any atom is 0.457 e. The summed E-state index contributed by atoms with van der Waals surface area (Å²) < 4.78 is 0. The van der Waals surface area contributed by atoms with Gasteiger partial charge in [-0.05, 0) is 23.2 Å². The van der Waals surface area contributed by atoms with Gasteiger partial charge in [-0.3, -0.25) is 4.79 Å². The van der Waals surface area contributed by atoms with Gasteiger partial charge in [0.25, 0.3) is 0 Å². The molecule has 0 radical (unpaired) electrons. The fourth-order valence-corrected chi connectivity index (χ4v) is 2.82. The monoisotopic (exact) mass is 247 g/mol. The molecule has 3 nitrogen and oxygen atoms in total. The smallest absolute Gasteiger partial charge is 0.428 e. The van der Waals surface area contributed by atoms with Crippen LogP contribution in [0.1, 0.15) is 21.5 Å². The third-order valence-corrected chi connectivity index (χ3v) is 3.72. The van der Waals surface area contributed by atoms with Gasteiger partial charge in [-0.15, -0.1) is 0 Å². The van der Waals surface area contributed by atoms with Gasteiger partial charge in [-0.25, -0.2) is 0 Å². The zero-order valence-corrected chi connectivity index (χ0v) is 10.1. The minimum absolute atomic E-state index is 0.135. The molecule has 2 aliphatic heterocycles. The van der Waals surface area contributed by atoms with E-state index in [0.717, 1.165) is 22.3 Å². The third kappa shape index (κ3) is 1.29. The van der Waals surface area contributed by atoms with Crippen LogP contribution in [0.3, 0.4) is 0 Å². The highest BCUT2D eigenvalue weighted by molar-refractivity contribution is 6.70. The fraction of sp³-hybridized carbons (Fsp3) is 0. The maximum absolute atomic E-state index is 12.4. The summed E-state index contributed by atoms with van der Waals surface area (Å²) in [5.41, 5.74) is 4.06. The Balaban J connectivity index is 2.01. The number of rotatable bonds is 0. The molecule has 19 heavy (non-hydrogen) atoms. The van der Waals surface area contributed by atoms with Gasteiger partial charge in [-0.2, -0.15) is 0 Å². The molecular formula is C15H10BNO2. The molecule has 0 fully saturated rings. The minimum atomic E-state index is -0.906. The normalized spacial score (nSPS) is 15.8. The van der Waals surface area contributed by atoms with Crippen molar-refractivity contribution >= 4 is 30.2 Å². The molecule has 0 aliphatic carbocycles. The van der Waals surface area contributed by atoms with E-state index in [1.54, 1.807) is 6.07 Å². The van der Waals surface area contributed by atoms with Crippen LogP contribution in [0.15, 0.2) is 48.5 Å². The number of amides is 1. The Hall–Kier alpha value is -2.33. The Morgan fingerprint density at radius 2 is 1.63 bits per heavy atom. The first-order valence-electron chi connectivity index (χ1n) is 6.19. The molecule has 0 spiro atoms. The summed E-state index contributed by atoms with van der Waals surface area (Å²) in [6.07, 6.45) is 1.96. The Morgan fingerprint density at radius 3 is 2.47 bits per heavy atom. The molecule has 0 unspecified atom stereocenters. The van der Waals surface area contributed by atoms with Crippen molar-refractivity contribution in [1.29, 1.82) is 0 Å². The largest absolute Gasteiger partial charge is 0.457 e. The predicted octanol–water partition coefficient (Wildman–Crippen LogP) is 1.34. The molecule has 2 aromatic rings. The summed E-state index contributed by atoms with van der Waals surface area (Å²) >= 11 is 0. The lowest BCUT2D eigenvalue weighted by atomic mass is 9.67.